The number of rotatable bonds is 4. The van der Waals surface area contributed by atoms with E-state index in [9.17, 15) is 0 Å². The lowest BCUT2D eigenvalue weighted by Crippen LogP contribution is -2.29. The first-order valence-corrected chi connectivity index (χ1v) is 9.88. The number of fused-ring (bicyclic) bond motifs is 1. The minimum Gasteiger partial charge on any atom is -0.404 e. The Balaban J connectivity index is 1.59. The monoisotopic (exact) mass is 394 g/mol. The van der Waals surface area contributed by atoms with E-state index in [1.54, 1.807) is 10.7 Å². The van der Waals surface area contributed by atoms with Crippen LogP contribution in [-0.2, 0) is 0 Å². The number of aliphatic imine (C=N–C) groups is 1. The van der Waals surface area contributed by atoms with Crippen molar-refractivity contribution in [2.24, 2.45) is 10.7 Å². The van der Waals surface area contributed by atoms with Crippen molar-refractivity contribution in [3.8, 4) is 11.1 Å². The van der Waals surface area contributed by atoms with E-state index in [1.807, 2.05) is 49.5 Å². The van der Waals surface area contributed by atoms with Crippen LogP contribution in [0.15, 0.2) is 59.4 Å². The van der Waals surface area contributed by atoms with Gasteiger partial charge in [-0.05, 0) is 67.8 Å². The Hall–Kier alpha value is -2.86. The minimum absolute atomic E-state index is 0.234. The molecule has 144 valence electrons. The topological polar surface area (TPSA) is 80.6 Å². The lowest BCUT2D eigenvalue weighted by Gasteiger charge is -2.25. The van der Waals surface area contributed by atoms with E-state index in [-0.39, 0.29) is 6.04 Å². The van der Waals surface area contributed by atoms with Crippen LogP contribution in [0, 0.1) is 0 Å². The predicted octanol–water partition coefficient (Wildman–Crippen LogP) is 4.32. The zero-order valence-electron chi connectivity index (χ0n) is 15.8. The average molecular weight is 395 g/mol. The van der Waals surface area contributed by atoms with Gasteiger partial charge in [0.25, 0.3) is 0 Å². The third-order valence-corrected chi connectivity index (χ3v) is 5.18. The summed E-state index contributed by atoms with van der Waals surface area (Å²) in [5.74, 6) is 0.617. The van der Waals surface area contributed by atoms with E-state index in [0.29, 0.717) is 11.0 Å². The number of halogens is 1. The molecule has 3 N–H and O–H groups in total. The minimum atomic E-state index is 0.234. The number of hydrogen-bond acceptors (Lipinski definition) is 5. The van der Waals surface area contributed by atoms with E-state index in [0.717, 1.165) is 53.9 Å². The van der Waals surface area contributed by atoms with Crippen molar-refractivity contribution in [2.45, 2.75) is 32.2 Å². The molecule has 6 nitrogen and oxygen atoms in total. The van der Waals surface area contributed by atoms with E-state index in [4.69, 9.17) is 22.3 Å². The van der Waals surface area contributed by atoms with Gasteiger partial charge < -0.3 is 11.1 Å². The molecule has 1 atom stereocenters. The Morgan fingerprint density at radius 3 is 3.04 bits per heavy atom. The van der Waals surface area contributed by atoms with Crippen LogP contribution in [0.4, 0.5) is 5.95 Å². The van der Waals surface area contributed by atoms with Crippen LogP contribution in [-0.4, -0.2) is 32.9 Å². The van der Waals surface area contributed by atoms with Crippen molar-refractivity contribution in [2.75, 3.05) is 11.9 Å². The number of aromatic nitrogens is 3. The lowest BCUT2D eigenvalue weighted by molar-refractivity contribution is 0.637. The Morgan fingerprint density at radius 1 is 1.36 bits per heavy atom. The van der Waals surface area contributed by atoms with Gasteiger partial charge in [-0.2, -0.15) is 4.98 Å². The van der Waals surface area contributed by atoms with E-state index < -0.39 is 0 Å². The molecule has 28 heavy (non-hydrogen) atoms. The molecule has 2 heterocycles. The Bertz CT molecular complexity index is 1050. The lowest BCUT2D eigenvalue weighted by atomic mass is 9.89. The second kappa shape index (κ2) is 8.02. The molecule has 1 aliphatic carbocycles. The number of anilines is 1. The second-order valence-electron chi connectivity index (χ2n) is 6.83. The summed E-state index contributed by atoms with van der Waals surface area (Å²) in [6.45, 7) is 2.83. The molecule has 1 unspecified atom stereocenters. The molecule has 0 saturated heterocycles. The highest BCUT2D eigenvalue weighted by Crippen LogP contribution is 2.28. The Morgan fingerprint density at radius 2 is 2.25 bits per heavy atom. The van der Waals surface area contributed by atoms with Crippen molar-refractivity contribution in [3.05, 3.63) is 59.4 Å². The fourth-order valence-corrected chi connectivity index (χ4v) is 3.84. The zero-order chi connectivity index (χ0) is 19.5. The number of benzene rings is 1. The fraction of sp³-hybridized carbons (Fsp3) is 0.286. The summed E-state index contributed by atoms with van der Waals surface area (Å²) in [4.78, 5) is 9.29. The van der Waals surface area contributed by atoms with Gasteiger partial charge in [0.2, 0.25) is 5.95 Å². The maximum absolute atomic E-state index is 6.16. The first-order chi connectivity index (χ1) is 13.7. The average Bonchev–Trinajstić information content (AvgIpc) is 3.11. The molecule has 2 aromatic heterocycles. The van der Waals surface area contributed by atoms with Gasteiger partial charge in [0.1, 0.15) is 0 Å². The van der Waals surface area contributed by atoms with Crippen LogP contribution >= 0.6 is 11.6 Å². The van der Waals surface area contributed by atoms with Crippen LogP contribution in [0.2, 0.25) is 5.02 Å². The maximum atomic E-state index is 6.16. The van der Waals surface area contributed by atoms with Gasteiger partial charge in [0, 0.05) is 35.1 Å². The van der Waals surface area contributed by atoms with Crippen LogP contribution in [0.25, 0.3) is 16.8 Å². The zero-order valence-corrected chi connectivity index (χ0v) is 16.5. The van der Waals surface area contributed by atoms with Crippen LogP contribution < -0.4 is 11.1 Å². The standard InChI is InChI=1S/C21H23ClN6/c1-2-24-19-9-8-17(12-15(19)13-23)25-21-26-20-18(7-4-10-28(20)27-21)14-5-3-6-16(22)11-14/h3-7,10-11,13,17H,2,8-9,12,23H2,1H3,(H,25,27). The number of hydrogen-bond donors (Lipinski definition) is 2. The van der Waals surface area contributed by atoms with Crippen molar-refractivity contribution >= 4 is 28.9 Å². The molecule has 3 aromatic rings. The molecule has 0 amide bonds. The third-order valence-electron chi connectivity index (χ3n) is 4.95. The summed E-state index contributed by atoms with van der Waals surface area (Å²) in [6.07, 6.45) is 6.30. The Labute approximate surface area is 169 Å². The molecule has 0 bridgehead atoms. The van der Waals surface area contributed by atoms with E-state index in [1.165, 1.54) is 0 Å². The highest BCUT2D eigenvalue weighted by atomic mass is 35.5. The van der Waals surface area contributed by atoms with Gasteiger partial charge in [-0.3, -0.25) is 4.99 Å². The summed E-state index contributed by atoms with van der Waals surface area (Å²) in [6, 6.07) is 12.0. The molecule has 1 saturated carbocycles. The van der Waals surface area contributed by atoms with Gasteiger partial charge >= 0.3 is 0 Å². The molecular weight excluding hydrogens is 372 g/mol. The molecule has 0 spiro atoms. The van der Waals surface area contributed by atoms with E-state index in [2.05, 4.69) is 15.4 Å². The highest BCUT2D eigenvalue weighted by Gasteiger charge is 2.23. The second-order valence-corrected chi connectivity index (χ2v) is 7.27. The fourth-order valence-electron chi connectivity index (χ4n) is 3.65. The quantitative estimate of drug-likeness (QED) is 0.690. The number of pyridine rings is 1. The molecule has 0 radical (unpaired) electrons. The largest absolute Gasteiger partial charge is 0.404 e. The molecule has 1 aliphatic rings. The Kier molecular flexibility index (Phi) is 5.30. The predicted molar refractivity (Wildman–Crippen MR) is 115 cm³/mol. The summed E-state index contributed by atoms with van der Waals surface area (Å²) in [5, 5.41) is 8.77. The summed E-state index contributed by atoms with van der Waals surface area (Å²) in [5.41, 5.74) is 10.9. The van der Waals surface area contributed by atoms with Gasteiger partial charge in [-0.1, -0.05) is 23.7 Å². The van der Waals surface area contributed by atoms with E-state index >= 15 is 0 Å². The van der Waals surface area contributed by atoms with Crippen molar-refractivity contribution in [3.63, 3.8) is 0 Å². The van der Waals surface area contributed by atoms with Crippen molar-refractivity contribution < 1.29 is 0 Å². The van der Waals surface area contributed by atoms with Gasteiger partial charge in [-0.25, -0.2) is 4.52 Å². The SMILES string of the molecule is CCN=C1CCC(Nc2nc3c(-c4cccc(Cl)c4)cccn3n2)CC1=CN. The molecule has 1 aromatic carbocycles. The smallest absolute Gasteiger partial charge is 0.243 e. The first-order valence-electron chi connectivity index (χ1n) is 9.50. The van der Waals surface area contributed by atoms with Gasteiger partial charge in [0.15, 0.2) is 5.65 Å². The van der Waals surface area contributed by atoms with Crippen molar-refractivity contribution in [1.82, 2.24) is 14.6 Å². The van der Waals surface area contributed by atoms with Crippen LogP contribution in [0.1, 0.15) is 26.2 Å². The van der Waals surface area contributed by atoms with Crippen LogP contribution in [0.3, 0.4) is 0 Å². The third kappa shape index (κ3) is 3.73. The highest BCUT2D eigenvalue weighted by molar-refractivity contribution is 6.30. The summed E-state index contributed by atoms with van der Waals surface area (Å²) >= 11 is 6.16. The van der Waals surface area contributed by atoms with Crippen molar-refractivity contribution in [1.29, 1.82) is 0 Å². The maximum Gasteiger partial charge on any atom is 0.243 e. The summed E-state index contributed by atoms with van der Waals surface area (Å²) < 4.78 is 1.80. The van der Waals surface area contributed by atoms with Gasteiger partial charge in [0.05, 0.1) is 0 Å². The normalized spacial score (nSPS) is 20.1. The molecule has 1 fully saturated rings. The number of nitrogens with zero attached hydrogens (tertiary/aromatic N) is 4. The number of nitrogens with two attached hydrogens (primary N) is 1. The van der Waals surface area contributed by atoms with Crippen LogP contribution in [0.5, 0.6) is 0 Å². The molecule has 4 rings (SSSR count). The number of nitrogens with one attached hydrogen (secondary N) is 1. The molecular formula is C21H23ClN6. The van der Waals surface area contributed by atoms with Gasteiger partial charge in [-0.15, -0.1) is 5.10 Å². The summed E-state index contributed by atoms with van der Waals surface area (Å²) in [7, 11) is 0. The molecule has 0 aliphatic heterocycles. The first kappa shape index (κ1) is 18.5. The molecule has 7 heteroatoms.